The molecule has 1 amide bonds. The summed E-state index contributed by atoms with van der Waals surface area (Å²) in [6.07, 6.45) is 2.87. The van der Waals surface area contributed by atoms with Gasteiger partial charge in [-0.2, -0.15) is 4.98 Å². The van der Waals surface area contributed by atoms with Crippen LogP contribution in [-0.2, 0) is 5.54 Å². The first-order valence-electron chi connectivity index (χ1n) is 7.74. The van der Waals surface area contributed by atoms with Crippen LogP contribution in [0.3, 0.4) is 0 Å². The second kappa shape index (κ2) is 5.65. The first-order valence-corrected chi connectivity index (χ1v) is 8.90. The van der Waals surface area contributed by atoms with Crippen molar-refractivity contribution in [1.82, 2.24) is 15.0 Å². The van der Waals surface area contributed by atoms with E-state index in [4.69, 9.17) is 10.3 Å². The Morgan fingerprint density at radius 2 is 2.13 bits per heavy atom. The molecule has 1 atom stereocenters. The van der Waals surface area contributed by atoms with Crippen molar-refractivity contribution in [2.45, 2.75) is 30.8 Å². The summed E-state index contributed by atoms with van der Waals surface area (Å²) in [5.74, 6) is 2.45. The van der Waals surface area contributed by atoms with E-state index in [2.05, 4.69) is 10.1 Å². The van der Waals surface area contributed by atoms with E-state index in [0.717, 1.165) is 25.0 Å². The van der Waals surface area contributed by atoms with Gasteiger partial charge in [-0.25, -0.2) is 0 Å². The van der Waals surface area contributed by atoms with Gasteiger partial charge >= 0.3 is 0 Å². The Balaban J connectivity index is 1.57. The molecule has 23 heavy (non-hydrogen) atoms. The zero-order chi connectivity index (χ0) is 15.9. The van der Waals surface area contributed by atoms with Crippen LogP contribution < -0.4 is 5.73 Å². The summed E-state index contributed by atoms with van der Waals surface area (Å²) in [7, 11) is 0. The van der Waals surface area contributed by atoms with Crippen LogP contribution >= 0.6 is 11.8 Å². The highest BCUT2D eigenvalue weighted by Gasteiger charge is 2.41. The Kier molecular flexibility index (Phi) is 3.61. The minimum absolute atomic E-state index is 0.00791. The van der Waals surface area contributed by atoms with Gasteiger partial charge in [-0.15, -0.1) is 11.8 Å². The van der Waals surface area contributed by atoms with Crippen molar-refractivity contribution < 1.29 is 9.32 Å². The van der Waals surface area contributed by atoms with Crippen LogP contribution in [0.4, 0.5) is 0 Å². The van der Waals surface area contributed by atoms with Gasteiger partial charge in [-0.3, -0.25) is 4.79 Å². The number of rotatable bonds is 3. The SMILES string of the molecule is NC1(c2noc(C3CSCN3C(=O)c3ccccc3)n2)CCC1. The summed E-state index contributed by atoms with van der Waals surface area (Å²) in [5, 5.41) is 4.06. The number of nitrogens with zero attached hydrogens (tertiary/aromatic N) is 3. The molecule has 0 radical (unpaired) electrons. The summed E-state index contributed by atoms with van der Waals surface area (Å²) in [5.41, 5.74) is 6.48. The van der Waals surface area contributed by atoms with E-state index in [1.54, 1.807) is 16.7 Å². The van der Waals surface area contributed by atoms with Crippen molar-refractivity contribution >= 4 is 17.7 Å². The third kappa shape index (κ3) is 2.53. The number of hydrogen-bond donors (Lipinski definition) is 1. The third-order valence-electron chi connectivity index (χ3n) is 4.58. The molecular formula is C16H18N4O2S. The molecule has 1 aromatic heterocycles. The quantitative estimate of drug-likeness (QED) is 0.929. The monoisotopic (exact) mass is 330 g/mol. The Morgan fingerprint density at radius 1 is 1.35 bits per heavy atom. The van der Waals surface area contributed by atoms with E-state index >= 15 is 0 Å². The molecule has 0 bridgehead atoms. The summed E-state index contributed by atoms with van der Waals surface area (Å²) in [6.45, 7) is 0. The van der Waals surface area contributed by atoms with E-state index in [1.807, 2.05) is 30.3 Å². The van der Waals surface area contributed by atoms with Crippen molar-refractivity contribution in [1.29, 1.82) is 0 Å². The second-order valence-corrected chi connectivity index (χ2v) is 7.12. The maximum absolute atomic E-state index is 12.7. The summed E-state index contributed by atoms with van der Waals surface area (Å²) >= 11 is 1.69. The highest BCUT2D eigenvalue weighted by Crippen LogP contribution is 2.39. The number of amides is 1. The van der Waals surface area contributed by atoms with Crippen LogP contribution in [-0.4, -0.2) is 32.6 Å². The van der Waals surface area contributed by atoms with Gasteiger partial charge in [0.2, 0.25) is 5.89 Å². The maximum Gasteiger partial charge on any atom is 0.255 e. The van der Waals surface area contributed by atoms with Crippen molar-refractivity contribution in [3.05, 3.63) is 47.6 Å². The molecule has 6 nitrogen and oxygen atoms in total. The lowest BCUT2D eigenvalue weighted by Gasteiger charge is -2.34. The van der Waals surface area contributed by atoms with Gasteiger partial charge in [-0.05, 0) is 31.4 Å². The lowest BCUT2D eigenvalue weighted by atomic mass is 9.77. The number of aromatic nitrogens is 2. The molecule has 4 rings (SSSR count). The molecule has 1 aromatic carbocycles. The van der Waals surface area contributed by atoms with Gasteiger partial charge in [0.1, 0.15) is 6.04 Å². The zero-order valence-electron chi connectivity index (χ0n) is 12.6. The van der Waals surface area contributed by atoms with Crippen LogP contribution in [0.25, 0.3) is 0 Å². The second-order valence-electron chi connectivity index (χ2n) is 6.12. The first kappa shape index (κ1) is 14.7. The molecule has 0 spiro atoms. The van der Waals surface area contributed by atoms with Gasteiger partial charge in [-0.1, -0.05) is 23.4 Å². The molecular weight excluding hydrogens is 312 g/mol. The van der Waals surface area contributed by atoms with Crippen molar-refractivity contribution in [3.8, 4) is 0 Å². The van der Waals surface area contributed by atoms with E-state index in [0.29, 0.717) is 23.2 Å². The highest BCUT2D eigenvalue weighted by atomic mass is 32.2. The molecule has 1 aliphatic carbocycles. The van der Waals surface area contributed by atoms with Crippen molar-refractivity contribution in [2.75, 3.05) is 11.6 Å². The van der Waals surface area contributed by atoms with E-state index in [-0.39, 0.29) is 11.9 Å². The predicted octanol–water partition coefficient (Wildman–Crippen LogP) is 2.30. The summed E-state index contributed by atoms with van der Waals surface area (Å²) in [4.78, 5) is 19.0. The third-order valence-corrected chi connectivity index (χ3v) is 5.59. The molecule has 120 valence electrons. The van der Waals surface area contributed by atoms with Crippen LogP contribution in [0.2, 0.25) is 0 Å². The molecule has 1 saturated carbocycles. The van der Waals surface area contributed by atoms with Gasteiger partial charge in [0.15, 0.2) is 5.82 Å². The molecule has 2 heterocycles. The Hall–Kier alpha value is -1.86. The Bertz CT molecular complexity index is 714. The molecule has 1 saturated heterocycles. The number of benzene rings is 1. The number of hydrogen-bond acceptors (Lipinski definition) is 6. The smallest absolute Gasteiger partial charge is 0.255 e. The van der Waals surface area contributed by atoms with Crippen LogP contribution in [0, 0.1) is 0 Å². The van der Waals surface area contributed by atoms with Crippen molar-refractivity contribution in [2.24, 2.45) is 5.73 Å². The summed E-state index contributed by atoms with van der Waals surface area (Å²) < 4.78 is 5.44. The number of carbonyl (C=O) groups is 1. The Labute approximate surface area is 138 Å². The molecule has 2 N–H and O–H groups in total. The maximum atomic E-state index is 12.7. The van der Waals surface area contributed by atoms with E-state index in [9.17, 15) is 4.79 Å². The minimum Gasteiger partial charge on any atom is -0.337 e. The van der Waals surface area contributed by atoms with Crippen LogP contribution in [0.5, 0.6) is 0 Å². The Morgan fingerprint density at radius 3 is 2.83 bits per heavy atom. The zero-order valence-corrected chi connectivity index (χ0v) is 13.5. The van der Waals surface area contributed by atoms with Gasteiger partial charge in [0.25, 0.3) is 5.91 Å². The van der Waals surface area contributed by atoms with Gasteiger partial charge < -0.3 is 15.2 Å². The van der Waals surface area contributed by atoms with E-state index in [1.165, 1.54) is 0 Å². The molecule has 1 aliphatic heterocycles. The fourth-order valence-electron chi connectivity index (χ4n) is 2.95. The molecule has 2 aromatic rings. The molecule has 1 unspecified atom stereocenters. The lowest BCUT2D eigenvalue weighted by molar-refractivity contribution is 0.0722. The van der Waals surface area contributed by atoms with Gasteiger partial charge in [0, 0.05) is 11.3 Å². The fraction of sp³-hybridized carbons (Fsp3) is 0.438. The fourth-order valence-corrected chi connectivity index (χ4v) is 4.09. The normalized spacial score (nSPS) is 22.8. The average molecular weight is 330 g/mol. The van der Waals surface area contributed by atoms with Crippen LogP contribution in [0.1, 0.15) is 47.4 Å². The summed E-state index contributed by atoms with van der Waals surface area (Å²) in [6, 6.07) is 9.10. The molecule has 2 fully saturated rings. The average Bonchev–Trinajstić information content (AvgIpc) is 3.21. The highest BCUT2D eigenvalue weighted by molar-refractivity contribution is 7.99. The topological polar surface area (TPSA) is 85.2 Å². The van der Waals surface area contributed by atoms with Crippen molar-refractivity contribution in [3.63, 3.8) is 0 Å². The van der Waals surface area contributed by atoms with Crippen LogP contribution in [0.15, 0.2) is 34.9 Å². The predicted molar refractivity (Wildman–Crippen MR) is 86.7 cm³/mol. The lowest BCUT2D eigenvalue weighted by Crippen LogP contribution is -2.44. The number of carbonyl (C=O) groups excluding carboxylic acids is 1. The standard InChI is InChI=1S/C16H18N4O2S/c17-16(7-4-8-16)15-18-13(22-19-15)12-9-23-10-20(12)14(21)11-5-2-1-3-6-11/h1-3,5-6,12H,4,7-10,17H2. The number of thioether (sulfide) groups is 1. The van der Waals surface area contributed by atoms with E-state index < -0.39 is 5.54 Å². The largest absolute Gasteiger partial charge is 0.337 e. The first-order chi connectivity index (χ1) is 11.2. The minimum atomic E-state index is -0.443. The number of nitrogens with two attached hydrogens (primary N) is 1. The molecule has 7 heteroatoms. The molecule has 2 aliphatic rings. The van der Waals surface area contributed by atoms with Gasteiger partial charge in [0.05, 0.1) is 11.4 Å².